The molecule has 0 aliphatic heterocycles. The van der Waals surface area contributed by atoms with Crippen molar-refractivity contribution in [2.75, 3.05) is 23.8 Å². The number of aromatic nitrogens is 5. The molecule has 1 aliphatic carbocycles. The van der Waals surface area contributed by atoms with Crippen LogP contribution < -0.4 is 10.2 Å². The highest BCUT2D eigenvalue weighted by molar-refractivity contribution is 5.41. The summed E-state index contributed by atoms with van der Waals surface area (Å²) in [7, 11) is 1.80. The molecule has 1 fully saturated rings. The molecule has 0 amide bonds. The summed E-state index contributed by atoms with van der Waals surface area (Å²) in [5.74, 6) is 1.82. The molecule has 19 heavy (non-hydrogen) atoms. The number of nitrogens with zero attached hydrogens (tertiary/aromatic N) is 6. The first-order valence-electron chi connectivity index (χ1n) is 6.52. The highest BCUT2D eigenvalue weighted by Gasteiger charge is 2.30. The van der Waals surface area contributed by atoms with Crippen molar-refractivity contribution < 1.29 is 0 Å². The van der Waals surface area contributed by atoms with E-state index in [2.05, 4.69) is 37.2 Å². The maximum absolute atomic E-state index is 4.52. The zero-order chi connectivity index (χ0) is 13.2. The zero-order valence-corrected chi connectivity index (χ0v) is 11.1. The Balaban J connectivity index is 2.01. The molecule has 3 rings (SSSR count). The molecule has 0 unspecified atom stereocenters. The second kappa shape index (κ2) is 4.83. The molecule has 0 aromatic carbocycles. The summed E-state index contributed by atoms with van der Waals surface area (Å²) in [5.41, 5.74) is 0. The summed E-state index contributed by atoms with van der Waals surface area (Å²) in [6.07, 6.45) is 5.96. The standard InChI is InChI=1S/C12H17N7/c1-3-18(9-5-6-9)11-15-10(13-2)16-12(17-11)19-8-4-7-14-19/h4,7-9H,3,5-6H2,1-2H3,(H,13,15,16,17). The van der Waals surface area contributed by atoms with E-state index in [-0.39, 0.29) is 0 Å². The summed E-state index contributed by atoms with van der Waals surface area (Å²) in [5, 5.41) is 7.14. The number of anilines is 2. The van der Waals surface area contributed by atoms with Crippen LogP contribution in [0.4, 0.5) is 11.9 Å². The lowest BCUT2D eigenvalue weighted by molar-refractivity contribution is 0.747. The first-order valence-corrected chi connectivity index (χ1v) is 6.52. The number of hydrogen-bond donors (Lipinski definition) is 1. The predicted octanol–water partition coefficient (Wildman–Crippen LogP) is 1.09. The van der Waals surface area contributed by atoms with Crippen LogP contribution >= 0.6 is 0 Å². The van der Waals surface area contributed by atoms with Gasteiger partial charge >= 0.3 is 0 Å². The van der Waals surface area contributed by atoms with Gasteiger partial charge in [-0.2, -0.15) is 20.1 Å². The Morgan fingerprint density at radius 2 is 2.21 bits per heavy atom. The van der Waals surface area contributed by atoms with Crippen molar-refractivity contribution in [1.82, 2.24) is 24.7 Å². The minimum absolute atomic E-state index is 0.540. The second-order valence-corrected chi connectivity index (χ2v) is 4.48. The number of hydrogen-bond acceptors (Lipinski definition) is 6. The number of rotatable bonds is 5. The van der Waals surface area contributed by atoms with Crippen LogP contribution in [0.15, 0.2) is 18.5 Å². The topological polar surface area (TPSA) is 71.8 Å². The molecule has 2 aromatic heterocycles. The van der Waals surface area contributed by atoms with Crippen LogP contribution in [0.25, 0.3) is 5.95 Å². The molecule has 7 nitrogen and oxygen atoms in total. The van der Waals surface area contributed by atoms with Gasteiger partial charge in [0.05, 0.1) is 0 Å². The van der Waals surface area contributed by atoms with Gasteiger partial charge in [-0.05, 0) is 25.8 Å². The third kappa shape index (κ3) is 2.35. The van der Waals surface area contributed by atoms with E-state index < -0.39 is 0 Å². The van der Waals surface area contributed by atoms with Crippen molar-refractivity contribution in [1.29, 1.82) is 0 Å². The zero-order valence-electron chi connectivity index (χ0n) is 11.1. The van der Waals surface area contributed by atoms with Crippen molar-refractivity contribution in [3.05, 3.63) is 18.5 Å². The lowest BCUT2D eigenvalue weighted by atomic mass is 10.5. The van der Waals surface area contributed by atoms with Gasteiger partial charge in [0.2, 0.25) is 11.9 Å². The molecule has 0 spiro atoms. The van der Waals surface area contributed by atoms with E-state index in [1.165, 1.54) is 12.8 Å². The smallest absolute Gasteiger partial charge is 0.257 e. The lowest BCUT2D eigenvalue weighted by Crippen LogP contribution is -2.28. The molecule has 2 aromatic rings. The van der Waals surface area contributed by atoms with E-state index in [1.807, 2.05) is 12.3 Å². The van der Waals surface area contributed by atoms with Gasteiger partial charge in [-0.1, -0.05) is 0 Å². The maximum Gasteiger partial charge on any atom is 0.257 e. The Bertz CT molecular complexity index is 547. The van der Waals surface area contributed by atoms with E-state index >= 15 is 0 Å². The summed E-state index contributed by atoms with van der Waals surface area (Å²) in [6.45, 7) is 3.02. The first kappa shape index (κ1) is 11.9. The van der Waals surface area contributed by atoms with Crippen molar-refractivity contribution >= 4 is 11.9 Å². The largest absolute Gasteiger partial charge is 0.357 e. The molecule has 0 atom stereocenters. The van der Waals surface area contributed by atoms with Gasteiger partial charge in [0, 0.05) is 32.0 Å². The van der Waals surface area contributed by atoms with Gasteiger partial charge in [0.25, 0.3) is 5.95 Å². The summed E-state index contributed by atoms with van der Waals surface area (Å²) in [4.78, 5) is 15.5. The average molecular weight is 259 g/mol. The molecular formula is C12H17N7. The van der Waals surface area contributed by atoms with Crippen LogP contribution in [0.2, 0.25) is 0 Å². The van der Waals surface area contributed by atoms with Gasteiger partial charge in [0.15, 0.2) is 0 Å². The molecule has 100 valence electrons. The third-order valence-corrected chi connectivity index (χ3v) is 3.13. The minimum Gasteiger partial charge on any atom is -0.357 e. The second-order valence-electron chi connectivity index (χ2n) is 4.48. The summed E-state index contributed by atoms with van der Waals surface area (Å²) < 4.78 is 1.65. The van der Waals surface area contributed by atoms with E-state index in [1.54, 1.807) is 17.9 Å². The Morgan fingerprint density at radius 3 is 2.79 bits per heavy atom. The van der Waals surface area contributed by atoms with E-state index in [4.69, 9.17) is 0 Å². The SMILES string of the molecule is CCN(c1nc(NC)nc(-n2cccn2)n1)C1CC1. The molecule has 1 N–H and O–H groups in total. The van der Waals surface area contributed by atoms with Gasteiger partial charge in [0.1, 0.15) is 0 Å². The molecule has 2 heterocycles. The third-order valence-electron chi connectivity index (χ3n) is 3.13. The first-order chi connectivity index (χ1) is 9.31. The Kier molecular flexibility index (Phi) is 3.02. The molecule has 1 saturated carbocycles. The fraction of sp³-hybridized carbons (Fsp3) is 0.500. The Hall–Kier alpha value is -2.18. The van der Waals surface area contributed by atoms with E-state index in [0.29, 0.717) is 17.9 Å². The monoisotopic (exact) mass is 259 g/mol. The van der Waals surface area contributed by atoms with E-state index in [0.717, 1.165) is 12.5 Å². The average Bonchev–Trinajstić information content (AvgIpc) is 3.12. The van der Waals surface area contributed by atoms with Crippen molar-refractivity contribution in [3.8, 4) is 5.95 Å². The van der Waals surface area contributed by atoms with E-state index in [9.17, 15) is 0 Å². The van der Waals surface area contributed by atoms with Crippen LogP contribution in [0, 0.1) is 0 Å². The van der Waals surface area contributed by atoms with Gasteiger partial charge in [-0.15, -0.1) is 0 Å². The van der Waals surface area contributed by atoms with Gasteiger partial charge < -0.3 is 10.2 Å². The lowest BCUT2D eigenvalue weighted by Gasteiger charge is -2.20. The Labute approximate surface area is 111 Å². The van der Waals surface area contributed by atoms with Crippen LogP contribution in [-0.4, -0.2) is 44.4 Å². The predicted molar refractivity (Wildman–Crippen MR) is 72.5 cm³/mol. The molecule has 7 heteroatoms. The highest BCUT2D eigenvalue weighted by Crippen LogP contribution is 2.29. The molecule has 0 saturated heterocycles. The molecule has 0 radical (unpaired) electrons. The van der Waals surface area contributed by atoms with Crippen molar-refractivity contribution in [3.63, 3.8) is 0 Å². The van der Waals surface area contributed by atoms with Crippen molar-refractivity contribution in [2.45, 2.75) is 25.8 Å². The normalized spacial score (nSPS) is 14.4. The molecule has 0 bridgehead atoms. The molecular weight excluding hydrogens is 242 g/mol. The number of nitrogens with one attached hydrogen (secondary N) is 1. The van der Waals surface area contributed by atoms with Crippen LogP contribution in [0.3, 0.4) is 0 Å². The summed E-state index contributed by atoms with van der Waals surface area (Å²) in [6, 6.07) is 2.42. The fourth-order valence-electron chi connectivity index (χ4n) is 2.03. The fourth-order valence-corrected chi connectivity index (χ4v) is 2.03. The van der Waals surface area contributed by atoms with Crippen molar-refractivity contribution in [2.24, 2.45) is 0 Å². The Morgan fingerprint density at radius 1 is 1.37 bits per heavy atom. The van der Waals surface area contributed by atoms with Crippen LogP contribution in [0.5, 0.6) is 0 Å². The van der Waals surface area contributed by atoms with Crippen LogP contribution in [-0.2, 0) is 0 Å². The maximum atomic E-state index is 4.52. The highest BCUT2D eigenvalue weighted by atomic mass is 15.4. The van der Waals surface area contributed by atoms with Gasteiger partial charge in [-0.25, -0.2) is 4.68 Å². The minimum atomic E-state index is 0.540. The van der Waals surface area contributed by atoms with Crippen LogP contribution in [0.1, 0.15) is 19.8 Å². The quantitative estimate of drug-likeness (QED) is 0.866. The molecule has 1 aliphatic rings. The summed E-state index contributed by atoms with van der Waals surface area (Å²) >= 11 is 0. The van der Waals surface area contributed by atoms with Gasteiger partial charge in [-0.3, -0.25) is 0 Å².